The zero-order valence-corrected chi connectivity index (χ0v) is 11.6. The lowest BCUT2D eigenvalue weighted by molar-refractivity contribution is 0.0518. The van der Waals surface area contributed by atoms with Crippen LogP contribution in [0.15, 0.2) is 41.0 Å². The molecular formula is C13H13BrN2O2. The maximum Gasteiger partial charge on any atom is 0.358 e. The van der Waals surface area contributed by atoms with E-state index in [9.17, 15) is 4.79 Å². The van der Waals surface area contributed by atoms with Gasteiger partial charge in [0.15, 0.2) is 5.69 Å². The maximum atomic E-state index is 11.5. The van der Waals surface area contributed by atoms with E-state index < -0.39 is 0 Å². The third-order valence-corrected chi connectivity index (χ3v) is 2.91. The Hall–Kier alpha value is -1.62. The Bertz CT molecular complexity index is 534. The van der Waals surface area contributed by atoms with E-state index in [1.165, 1.54) is 0 Å². The Morgan fingerprint density at radius 2 is 2.06 bits per heavy atom. The van der Waals surface area contributed by atoms with E-state index in [0.717, 1.165) is 10.0 Å². The number of aromatic nitrogens is 2. The molecule has 0 saturated carbocycles. The van der Waals surface area contributed by atoms with Gasteiger partial charge < -0.3 is 4.74 Å². The first kappa shape index (κ1) is 12.8. The van der Waals surface area contributed by atoms with Gasteiger partial charge in [-0.1, -0.05) is 28.1 Å². The van der Waals surface area contributed by atoms with E-state index >= 15 is 0 Å². The van der Waals surface area contributed by atoms with Gasteiger partial charge in [0.25, 0.3) is 0 Å². The number of hydrogen-bond acceptors (Lipinski definition) is 3. The minimum atomic E-state index is -0.382. The molecule has 0 saturated heterocycles. The molecule has 2 aromatic rings. The molecule has 4 nitrogen and oxygen atoms in total. The minimum Gasteiger partial charge on any atom is -0.461 e. The highest BCUT2D eigenvalue weighted by Gasteiger charge is 2.09. The van der Waals surface area contributed by atoms with Gasteiger partial charge in [0.2, 0.25) is 0 Å². The van der Waals surface area contributed by atoms with Gasteiger partial charge in [0.05, 0.1) is 13.2 Å². The highest BCUT2D eigenvalue weighted by atomic mass is 79.9. The molecule has 1 aromatic heterocycles. The quantitative estimate of drug-likeness (QED) is 0.816. The predicted molar refractivity (Wildman–Crippen MR) is 71.4 cm³/mol. The number of ether oxygens (including phenoxy) is 1. The molecule has 0 amide bonds. The number of benzene rings is 1. The molecule has 5 heteroatoms. The average Bonchev–Trinajstić information content (AvgIpc) is 2.81. The Balaban J connectivity index is 2.06. The summed E-state index contributed by atoms with van der Waals surface area (Å²) < 4.78 is 7.64. The Kier molecular flexibility index (Phi) is 4.15. The summed E-state index contributed by atoms with van der Waals surface area (Å²) in [6, 6.07) is 9.64. The largest absolute Gasteiger partial charge is 0.461 e. The maximum absolute atomic E-state index is 11.5. The molecule has 0 spiro atoms. The van der Waals surface area contributed by atoms with E-state index in [2.05, 4.69) is 21.0 Å². The third kappa shape index (κ3) is 3.20. The molecule has 0 bridgehead atoms. The van der Waals surface area contributed by atoms with E-state index in [0.29, 0.717) is 18.8 Å². The number of rotatable bonds is 4. The predicted octanol–water partition coefficient (Wildman–Crippen LogP) is 2.87. The first-order chi connectivity index (χ1) is 8.69. The highest BCUT2D eigenvalue weighted by Crippen LogP contribution is 2.11. The van der Waals surface area contributed by atoms with Crippen LogP contribution in [-0.4, -0.2) is 22.4 Å². The van der Waals surface area contributed by atoms with E-state index in [4.69, 9.17) is 4.74 Å². The fourth-order valence-corrected chi connectivity index (χ4v) is 1.80. The van der Waals surface area contributed by atoms with Crippen LogP contribution in [0.3, 0.4) is 0 Å². The van der Waals surface area contributed by atoms with Gasteiger partial charge in [-0.25, -0.2) is 4.79 Å². The summed E-state index contributed by atoms with van der Waals surface area (Å²) in [6.07, 6.45) is 1.77. The lowest BCUT2D eigenvalue weighted by atomic mass is 10.2. The number of hydrogen-bond donors (Lipinski definition) is 0. The third-order valence-electron chi connectivity index (χ3n) is 2.38. The van der Waals surface area contributed by atoms with Gasteiger partial charge in [0, 0.05) is 10.7 Å². The van der Waals surface area contributed by atoms with Crippen molar-refractivity contribution in [2.45, 2.75) is 13.5 Å². The molecule has 0 radical (unpaired) electrons. The van der Waals surface area contributed by atoms with Crippen LogP contribution >= 0.6 is 15.9 Å². The first-order valence-corrected chi connectivity index (χ1v) is 6.43. The van der Waals surface area contributed by atoms with Crippen molar-refractivity contribution >= 4 is 21.9 Å². The van der Waals surface area contributed by atoms with Crippen LogP contribution in [0.5, 0.6) is 0 Å². The van der Waals surface area contributed by atoms with Crippen molar-refractivity contribution in [1.82, 2.24) is 9.78 Å². The lowest BCUT2D eigenvalue weighted by Gasteiger charge is -2.02. The summed E-state index contributed by atoms with van der Waals surface area (Å²) in [5, 5.41) is 4.18. The molecule has 0 fully saturated rings. The SMILES string of the molecule is CCOC(=O)c1ccn(Cc2ccc(Br)cc2)n1. The van der Waals surface area contributed by atoms with Crippen LogP contribution in [-0.2, 0) is 11.3 Å². The van der Waals surface area contributed by atoms with Gasteiger partial charge in [-0.15, -0.1) is 0 Å². The number of halogens is 1. The fourth-order valence-electron chi connectivity index (χ4n) is 1.54. The highest BCUT2D eigenvalue weighted by molar-refractivity contribution is 9.10. The lowest BCUT2D eigenvalue weighted by Crippen LogP contribution is -2.07. The van der Waals surface area contributed by atoms with Crippen molar-refractivity contribution in [2.75, 3.05) is 6.61 Å². The molecule has 0 aliphatic carbocycles. The van der Waals surface area contributed by atoms with Gasteiger partial charge in [-0.05, 0) is 30.7 Å². The zero-order valence-electron chi connectivity index (χ0n) is 9.97. The molecular weight excluding hydrogens is 296 g/mol. The second-order valence-corrected chi connectivity index (χ2v) is 4.66. The van der Waals surface area contributed by atoms with Crippen LogP contribution in [0, 0.1) is 0 Å². The average molecular weight is 309 g/mol. The summed E-state index contributed by atoms with van der Waals surface area (Å²) in [5.74, 6) is -0.382. The number of esters is 1. The summed E-state index contributed by atoms with van der Waals surface area (Å²) >= 11 is 3.39. The summed E-state index contributed by atoms with van der Waals surface area (Å²) in [5.41, 5.74) is 1.46. The smallest absolute Gasteiger partial charge is 0.358 e. The molecule has 94 valence electrons. The molecule has 0 unspecified atom stereocenters. The number of carbonyl (C=O) groups excluding carboxylic acids is 1. The molecule has 0 aliphatic heterocycles. The standard InChI is InChI=1S/C13H13BrN2O2/c1-2-18-13(17)12-7-8-16(15-12)9-10-3-5-11(14)6-4-10/h3-8H,2,9H2,1H3. The Morgan fingerprint density at radius 3 is 2.72 bits per heavy atom. The van der Waals surface area contributed by atoms with Crippen molar-refractivity contribution < 1.29 is 9.53 Å². The van der Waals surface area contributed by atoms with Gasteiger partial charge >= 0.3 is 5.97 Å². The van der Waals surface area contributed by atoms with Crippen LogP contribution in [0.1, 0.15) is 23.0 Å². The summed E-state index contributed by atoms with van der Waals surface area (Å²) in [6.45, 7) is 2.77. The minimum absolute atomic E-state index is 0.342. The first-order valence-electron chi connectivity index (χ1n) is 5.64. The van der Waals surface area contributed by atoms with Crippen molar-refractivity contribution in [3.63, 3.8) is 0 Å². The van der Waals surface area contributed by atoms with Crippen molar-refractivity contribution in [3.05, 3.63) is 52.3 Å². The van der Waals surface area contributed by atoms with Crippen molar-refractivity contribution in [3.8, 4) is 0 Å². The Labute approximate surface area is 114 Å². The second kappa shape index (κ2) is 5.82. The van der Waals surface area contributed by atoms with Crippen LogP contribution < -0.4 is 0 Å². The summed E-state index contributed by atoms with van der Waals surface area (Å²) in [4.78, 5) is 11.5. The monoisotopic (exact) mass is 308 g/mol. The topological polar surface area (TPSA) is 44.1 Å². The summed E-state index contributed by atoms with van der Waals surface area (Å²) in [7, 11) is 0. The molecule has 18 heavy (non-hydrogen) atoms. The van der Waals surface area contributed by atoms with Crippen molar-refractivity contribution in [2.24, 2.45) is 0 Å². The normalized spacial score (nSPS) is 10.3. The molecule has 0 atom stereocenters. The van der Waals surface area contributed by atoms with E-state index in [-0.39, 0.29) is 5.97 Å². The van der Waals surface area contributed by atoms with Crippen LogP contribution in [0.2, 0.25) is 0 Å². The van der Waals surface area contributed by atoms with Gasteiger partial charge in [-0.2, -0.15) is 5.10 Å². The van der Waals surface area contributed by atoms with Crippen LogP contribution in [0.25, 0.3) is 0 Å². The van der Waals surface area contributed by atoms with Gasteiger partial charge in [-0.3, -0.25) is 4.68 Å². The molecule has 0 aliphatic rings. The van der Waals surface area contributed by atoms with E-state index in [1.54, 1.807) is 23.9 Å². The second-order valence-electron chi connectivity index (χ2n) is 3.75. The van der Waals surface area contributed by atoms with E-state index in [1.807, 2.05) is 24.3 Å². The van der Waals surface area contributed by atoms with Gasteiger partial charge in [0.1, 0.15) is 0 Å². The molecule has 1 heterocycles. The zero-order chi connectivity index (χ0) is 13.0. The van der Waals surface area contributed by atoms with Crippen LogP contribution in [0.4, 0.5) is 0 Å². The van der Waals surface area contributed by atoms with Crippen molar-refractivity contribution in [1.29, 1.82) is 0 Å². The fraction of sp³-hybridized carbons (Fsp3) is 0.231. The molecule has 1 aromatic carbocycles. The Morgan fingerprint density at radius 1 is 1.33 bits per heavy atom. The number of nitrogens with zero attached hydrogens (tertiary/aromatic N) is 2. The molecule has 0 N–H and O–H groups in total. The molecule has 2 rings (SSSR count). The number of carbonyl (C=O) groups is 1.